The van der Waals surface area contributed by atoms with Gasteiger partial charge in [-0.2, -0.15) is 0 Å². The van der Waals surface area contributed by atoms with Gasteiger partial charge in [-0.15, -0.1) is 0 Å². The monoisotopic (exact) mass is 289 g/mol. The van der Waals surface area contributed by atoms with E-state index in [1.165, 1.54) is 12.1 Å². The molecule has 16 heavy (non-hydrogen) atoms. The zero-order chi connectivity index (χ0) is 11.7. The van der Waals surface area contributed by atoms with Gasteiger partial charge >= 0.3 is 0 Å². The van der Waals surface area contributed by atoms with Crippen LogP contribution < -0.4 is 4.90 Å². The number of anilines is 1. The highest BCUT2D eigenvalue weighted by atomic mass is 79.9. The molecule has 0 aromatic heterocycles. The minimum absolute atomic E-state index is 0.120. The third-order valence-electron chi connectivity index (χ3n) is 3.08. The molecule has 1 fully saturated rings. The Labute approximate surface area is 103 Å². The molecule has 1 saturated heterocycles. The molecule has 0 amide bonds. The first kappa shape index (κ1) is 11.8. The van der Waals surface area contributed by atoms with Gasteiger partial charge < -0.3 is 4.90 Å². The Morgan fingerprint density at radius 3 is 2.19 bits per heavy atom. The zero-order valence-electron chi connectivity index (χ0n) is 9.14. The molecule has 0 radical (unpaired) electrons. The predicted molar refractivity (Wildman–Crippen MR) is 64.7 cm³/mol. The van der Waals surface area contributed by atoms with Crippen molar-refractivity contribution in [2.45, 2.75) is 19.8 Å². The molecular formula is C12H14BrF2N. The second kappa shape index (κ2) is 4.70. The van der Waals surface area contributed by atoms with Crippen LogP contribution in [0.15, 0.2) is 16.6 Å². The molecule has 2 rings (SSSR count). The van der Waals surface area contributed by atoms with Crippen LogP contribution in [0.2, 0.25) is 0 Å². The van der Waals surface area contributed by atoms with E-state index in [4.69, 9.17) is 0 Å². The van der Waals surface area contributed by atoms with E-state index in [1.807, 2.05) is 0 Å². The molecule has 0 unspecified atom stereocenters. The third-order valence-corrected chi connectivity index (χ3v) is 3.54. The number of nitrogens with zero attached hydrogens (tertiary/aromatic N) is 1. The summed E-state index contributed by atoms with van der Waals surface area (Å²) in [6.07, 6.45) is 1.99. The zero-order valence-corrected chi connectivity index (χ0v) is 10.7. The summed E-state index contributed by atoms with van der Waals surface area (Å²) in [5.41, 5.74) is 0.120. The van der Waals surface area contributed by atoms with Crippen molar-refractivity contribution in [3.05, 3.63) is 28.2 Å². The molecule has 0 saturated carbocycles. The quantitative estimate of drug-likeness (QED) is 0.756. The highest BCUT2D eigenvalue weighted by molar-refractivity contribution is 9.10. The van der Waals surface area contributed by atoms with Gasteiger partial charge in [0, 0.05) is 17.6 Å². The maximum Gasteiger partial charge on any atom is 0.150 e. The molecule has 0 N–H and O–H groups in total. The maximum atomic E-state index is 13.7. The van der Waals surface area contributed by atoms with Gasteiger partial charge in [0.1, 0.15) is 5.69 Å². The first-order chi connectivity index (χ1) is 7.58. The van der Waals surface area contributed by atoms with E-state index in [0.29, 0.717) is 10.4 Å². The van der Waals surface area contributed by atoms with E-state index in [0.717, 1.165) is 25.9 Å². The Morgan fingerprint density at radius 2 is 1.69 bits per heavy atom. The van der Waals surface area contributed by atoms with Crippen LogP contribution in [0.4, 0.5) is 14.5 Å². The van der Waals surface area contributed by atoms with E-state index in [2.05, 4.69) is 22.9 Å². The molecule has 1 aromatic carbocycles. The second-order valence-corrected chi connectivity index (χ2v) is 5.30. The lowest BCUT2D eigenvalue weighted by Crippen LogP contribution is -2.34. The SMILES string of the molecule is CC1CCN(c2c(F)cc(Br)cc2F)CC1. The van der Waals surface area contributed by atoms with Crippen molar-refractivity contribution in [1.82, 2.24) is 0 Å². The largest absolute Gasteiger partial charge is 0.367 e. The lowest BCUT2D eigenvalue weighted by molar-refractivity contribution is 0.429. The molecule has 0 aliphatic carbocycles. The molecule has 0 bridgehead atoms. The van der Waals surface area contributed by atoms with Crippen LogP contribution in [0.25, 0.3) is 0 Å². The molecule has 1 nitrogen and oxygen atoms in total. The van der Waals surface area contributed by atoms with Crippen LogP contribution in [0, 0.1) is 17.6 Å². The Morgan fingerprint density at radius 1 is 1.19 bits per heavy atom. The van der Waals surface area contributed by atoms with E-state index in [-0.39, 0.29) is 5.69 Å². The van der Waals surface area contributed by atoms with Crippen LogP contribution in [0.1, 0.15) is 19.8 Å². The molecule has 1 aromatic rings. The Kier molecular flexibility index (Phi) is 3.47. The summed E-state index contributed by atoms with van der Waals surface area (Å²) in [4.78, 5) is 1.80. The summed E-state index contributed by atoms with van der Waals surface area (Å²) in [5, 5.41) is 0. The van der Waals surface area contributed by atoms with Gasteiger partial charge in [0.15, 0.2) is 11.6 Å². The van der Waals surface area contributed by atoms with E-state index >= 15 is 0 Å². The predicted octanol–water partition coefficient (Wildman–Crippen LogP) is 3.96. The van der Waals surface area contributed by atoms with Crippen LogP contribution in [0.3, 0.4) is 0 Å². The molecule has 4 heteroatoms. The normalized spacial score (nSPS) is 17.9. The van der Waals surface area contributed by atoms with Gasteiger partial charge in [-0.25, -0.2) is 8.78 Å². The average Bonchev–Trinajstić information content (AvgIpc) is 2.19. The summed E-state index contributed by atoms with van der Waals surface area (Å²) in [7, 11) is 0. The molecule has 0 atom stereocenters. The Hall–Kier alpha value is -0.640. The Bertz CT molecular complexity index is 364. The van der Waals surface area contributed by atoms with Crippen molar-refractivity contribution >= 4 is 21.6 Å². The van der Waals surface area contributed by atoms with Crippen molar-refractivity contribution in [1.29, 1.82) is 0 Å². The lowest BCUT2D eigenvalue weighted by Gasteiger charge is -2.32. The number of benzene rings is 1. The third kappa shape index (κ3) is 2.37. The van der Waals surface area contributed by atoms with Gasteiger partial charge in [0.05, 0.1) is 0 Å². The van der Waals surface area contributed by atoms with Gasteiger partial charge in [-0.05, 0) is 30.9 Å². The lowest BCUT2D eigenvalue weighted by atomic mass is 9.99. The fraction of sp³-hybridized carbons (Fsp3) is 0.500. The standard InChI is InChI=1S/C12H14BrF2N/c1-8-2-4-16(5-3-8)12-10(14)6-9(13)7-11(12)15/h6-8H,2-5H2,1H3. The van der Waals surface area contributed by atoms with E-state index in [1.54, 1.807) is 4.90 Å². The molecular weight excluding hydrogens is 276 g/mol. The Balaban J connectivity index is 2.26. The molecule has 0 spiro atoms. The molecule has 1 heterocycles. The van der Waals surface area contributed by atoms with Crippen molar-refractivity contribution in [3.63, 3.8) is 0 Å². The van der Waals surface area contributed by atoms with Crippen LogP contribution >= 0.6 is 15.9 Å². The average molecular weight is 290 g/mol. The van der Waals surface area contributed by atoms with Crippen LogP contribution in [0.5, 0.6) is 0 Å². The maximum absolute atomic E-state index is 13.7. The molecule has 1 aliphatic heterocycles. The minimum Gasteiger partial charge on any atom is -0.367 e. The molecule has 1 aliphatic rings. The second-order valence-electron chi connectivity index (χ2n) is 4.39. The number of halogens is 3. The van der Waals surface area contributed by atoms with Crippen molar-refractivity contribution in [3.8, 4) is 0 Å². The van der Waals surface area contributed by atoms with Gasteiger partial charge in [0.2, 0.25) is 0 Å². The summed E-state index contributed by atoms with van der Waals surface area (Å²) in [5.74, 6) is -0.319. The minimum atomic E-state index is -0.485. The van der Waals surface area contributed by atoms with Gasteiger partial charge in [0.25, 0.3) is 0 Å². The summed E-state index contributed by atoms with van der Waals surface area (Å²) < 4.78 is 27.8. The van der Waals surface area contributed by atoms with E-state index in [9.17, 15) is 8.78 Å². The highest BCUT2D eigenvalue weighted by Crippen LogP contribution is 2.30. The highest BCUT2D eigenvalue weighted by Gasteiger charge is 2.22. The van der Waals surface area contributed by atoms with Crippen molar-refractivity contribution in [2.75, 3.05) is 18.0 Å². The number of hydrogen-bond donors (Lipinski definition) is 0. The smallest absolute Gasteiger partial charge is 0.150 e. The topological polar surface area (TPSA) is 3.24 Å². The van der Waals surface area contributed by atoms with Crippen molar-refractivity contribution < 1.29 is 8.78 Å². The number of hydrogen-bond acceptors (Lipinski definition) is 1. The van der Waals surface area contributed by atoms with Gasteiger partial charge in [-0.1, -0.05) is 22.9 Å². The van der Waals surface area contributed by atoms with Crippen LogP contribution in [-0.2, 0) is 0 Å². The number of rotatable bonds is 1. The summed E-state index contributed by atoms with van der Waals surface area (Å²) in [6, 6.07) is 2.63. The summed E-state index contributed by atoms with van der Waals surface area (Å²) in [6.45, 7) is 3.64. The first-order valence-electron chi connectivity index (χ1n) is 5.47. The molecule has 88 valence electrons. The fourth-order valence-corrected chi connectivity index (χ4v) is 2.47. The fourth-order valence-electron chi connectivity index (χ4n) is 2.07. The van der Waals surface area contributed by atoms with E-state index < -0.39 is 11.6 Å². The first-order valence-corrected chi connectivity index (χ1v) is 6.26. The van der Waals surface area contributed by atoms with Crippen LogP contribution in [-0.4, -0.2) is 13.1 Å². The summed E-state index contributed by atoms with van der Waals surface area (Å²) >= 11 is 3.08. The van der Waals surface area contributed by atoms with Crippen molar-refractivity contribution in [2.24, 2.45) is 5.92 Å². The van der Waals surface area contributed by atoms with Gasteiger partial charge in [-0.3, -0.25) is 0 Å². The number of piperidine rings is 1.